The van der Waals surface area contributed by atoms with Gasteiger partial charge in [0.1, 0.15) is 10.7 Å². The maximum Gasteiger partial charge on any atom is 0.416 e. The molecule has 24 heavy (non-hydrogen) atoms. The van der Waals surface area contributed by atoms with Gasteiger partial charge in [-0.25, -0.2) is 18.1 Å². The number of hydrogen-bond donors (Lipinski definition) is 2. The molecule has 0 aliphatic carbocycles. The van der Waals surface area contributed by atoms with Crippen LogP contribution in [0.15, 0.2) is 47.5 Å². The summed E-state index contributed by atoms with van der Waals surface area (Å²) in [4.78, 5) is 14.4. The Morgan fingerprint density at radius 1 is 1.17 bits per heavy atom. The molecule has 2 rings (SSSR count). The van der Waals surface area contributed by atoms with E-state index < -0.39 is 27.7 Å². The van der Waals surface area contributed by atoms with E-state index in [1.54, 1.807) is 4.72 Å². The molecule has 128 valence electrons. The number of sulfonamides is 1. The predicted molar refractivity (Wildman–Crippen MR) is 80.0 cm³/mol. The number of carbonyl (C=O) groups excluding carboxylic acids is 1. The summed E-state index contributed by atoms with van der Waals surface area (Å²) in [6.07, 6.45) is -3.48. The van der Waals surface area contributed by atoms with Crippen molar-refractivity contribution in [1.82, 2.24) is 9.71 Å². The van der Waals surface area contributed by atoms with Gasteiger partial charge in [0.2, 0.25) is 5.91 Å². The third kappa shape index (κ3) is 4.44. The molecule has 0 radical (unpaired) electrons. The van der Waals surface area contributed by atoms with Crippen molar-refractivity contribution >= 4 is 27.4 Å². The van der Waals surface area contributed by atoms with E-state index in [2.05, 4.69) is 10.3 Å². The number of amides is 1. The molecule has 0 fully saturated rings. The van der Waals surface area contributed by atoms with Crippen molar-refractivity contribution in [2.45, 2.75) is 18.0 Å². The van der Waals surface area contributed by atoms with Gasteiger partial charge in [-0.2, -0.15) is 13.2 Å². The minimum atomic E-state index is -4.47. The van der Waals surface area contributed by atoms with Gasteiger partial charge in [0.05, 0.1) is 5.56 Å². The highest BCUT2D eigenvalue weighted by molar-refractivity contribution is 7.90. The molecule has 0 aliphatic heterocycles. The molecule has 1 heterocycles. The van der Waals surface area contributed by atoms with Gasteiger partial charge in [0.25, 0.3) is 10.0 Å². The highest BCUT2D eigenvalue weighted by atomic mass is 32.2. The molecular weight excluding hydrogens is 347 g/mol. The number of rotatable bonds is 4. The third-order valence-corrected chi connectivity index (χ3v) is 4.21. The van der Waals surface area contributed by atoms with Crippen LogP contribution in [-0.2, 0) is 21.0 Å². The maximum absolute atomic E-state index is 12.7. The minimum Gasteiger partial charge on any atom is -0.340 e. The van der Waals surface area contributed by atoms with Crippen molar-refractivity contribution in [3.63, 3.8) is 0 Å². The summed E-state index contributed by atoms with van der Waals surface area (Å²) in [6, 6.07) is 6.94. The fourth-order valence-electron chi connectivity index (χ4n) is 1.78. The Hall–Kier alpha value is -2.62. The molecule has 0 saturated heterocycles. The van der Waals surface area contributed by atoms with Gasteiger partial charge in [-0.05, 0) is 30.3 Å². The lowest BCUT2D eigenvalue weighted by molar-refractivity contribution is -0.137. The highest BCUT2D eigenvalue weighted by Crippen LogP contribution is 2.31. The summed E-state index contributed by atoms with van der Waals surface area (Å²) in [7, 11) is -4.01. The predicted octanol–water partition coefficient (Wildman–Crippen LogP) is 2.67. The fraction of sp³-hybridized carbons (Fsp3) is 0.143. The number of alkyl halides is 3. The molecule has 1 aromatic heterocycles. The molecule has 0 unspecified atom stereocenters. The Kier molecular flexibility index (Phi) is 4.78. The number of benzene rings is 1. The van der Waals surface area contributed by atoms with Crippen LogP contribution in [-0.4, -0.2) is 19.3 Å². The number of halogens is 3. The molecule has 1 amide bonds. The quantitative estimate of drug-likeness (QED) is 0.876. The molecule has 0 atom stereocenters. The summed E-state index contributed by atoms with van der Waals surface area (Å²) in [5.74, 6) is -0.600. The van der Waals surface area contributed by atoms with E-state index in [0.29, 0.717) is 0 Å². The molecule has 6 nitrogen and oxygen atoms in total. The third-order valence-electron chi connectivity index (χ3n) is 2.79. The fourth-order valence-corrected chi connectivity index (χ4v) is 2.72. The van der Waals surface area contributed by atoms with E-state index in [4.69, 9.17) is 0 Å². The number of nitrogens with one attached hydrogen (secondary N) is 2. The molecule has 2 N–H and O–H groups in total. The molecular formula is C14H12F3N3O3S. The highest BCUT2D eigenvalue weighted by Gasteiger charge is 2.30. The van der Waals surface area contributed by atoms with Crippen LogP contribution in [0, 0.1) is 0 Å². The summed E-state index contributed by atoms with van der Waals surface area (Å²) in [5, 5.41) is 2.64. The standard InChI is InChI=1S/C14H12F3N3O3S/c1-9(21)20-24(22,23)12-5-6-13(18-8-12)19-11-4-2-3-10(7-11)14(15,16)17/h2-8H,1H3,(H,18,19)(H,20,21). The van der Waals surface area contributed by atoms with E-state index in [1.807, 2.05) is 0 Å². The van der Waals surface area contributed by atoms with E-state index in [9.17, 15) is 26.4 Å². The molecule has 2 aromatic rings. The van der Waals surface area contributed by atoms with Crippen LogP contribution in [0.3, 0.4) is 0 Å². The zero-order chi connectivity index (χ0) is 18.0. The van der Waals surface area contributed by atoms with Gasteiger partial charge in [0, 0.05) is 18.8 Å². The molecule has 10 heteroatoms. The van der Waals surface area contributed by atoms with E-state index in [-0.39, 0.29) is 16.4 Å². The normalized spacial score (nSPS) is 11.8. The first kappa shape index (κ1) is 17.7. The molecule has 1 aromatic carbocycles. The second-order valence-electron chi connectivity index (χ2n) is 4.74. The van der Waals surface area contributed by atoms with Crippen molar-refractivity contribution in [3.05, 3.63) is 48.2 Å². The van der Waals surface area contributed by atoms with Crippen LogP contribution >= 0.6 is 0 Å². The largest absolute Gasteiger partial charge is 0.416 e. The Bertz CT molecular complexity index is 850. The van der Waals surface area contributed by atoms with E-state index in [1.165, 1.54) is 24.3 Å². The van der Waals surface area contributed by atoms with Crippen LogP contribution in [0.5, 0.6) is 0 Å². The average molecular weight is 359 g/mol. The van der Waals surface area contributed by atoms with Gasteiger partial charge in [-0.3, -0.25) is 4.79 Å². The number of pyridine rings is 1. The number of anilines is 2. The van der Waals surface area contributed by atoms with Crippen molar-refractivity contribution in [3.8, 4) is 0 Å². The smallest absolute Gasteiger partial charge is 0.340 e. The lowest BCUT2D eigenvalue weighted by atomic mass is 10.2. The second-order valence-corrected chi connectivity index (χ2v) is 6.43. The zero-order valence-electron chi connectivity index (χ0n) is 12.3. The Morgan fingerprint density at radius 2 is 1.88 bits per heavy atom. The summed E-state index contributed by atoms with van der Waals surface area (Å²) < 4.78 is 63.2. The number of hydrogen-bond acceptors (Lipinski definition) is 5. The van der Waals surface area contributed by atoms with Crippen LogP contribution in [0.4, 0.5) is 24.7 Å². The molecule has 0 spiro atoms. The lowest BCUT2D eigenvalue weighted by Crippen LogP contribution is -2.28. The van der Waals surface area contributed by atoms with Gasteiger partial charge >= 0.3 is 6.18 Å². The van der Waals surface area contributed by atoms with Gasteiger partial charge < -0.3 is 5.32 Å². The van der Waals surface area contributed by atoms with Crippen LogP contribution in [0.2, 0.25) is 0 Å². The first-order chi connectivity index (χ1) is 11.1. The second kappa shape index (κ2) is 6.48. The summed E-state index contributed by atoms with van der Waals surface area (Å²) in [6.45, 7) is 1.05. The number of aromatic nitrogens is 1. The van der Waals surface area contributed by atoms with Crippen molar-refractivity contribution in [1.29, 1.82) is 0 Å². The van der Waals surface area contributed by atoms with E-state index >= 15 is 0 Å². The Morgan fingerprint density at radius 3 is 2.42 bits per heavy atom. The van der Waals surface area contributed by atoms with Crippen molar-refractivity contribution in [2.75, 3.05) is 5.32 Å². The number of carbonyl (C=O) groups is 1. The minimum absolute atomic E-state index is 0.148. The zero-order valence-corrected chi connectivity index (χ0v) is 13.1. The van der Waals surface area contributed by atoms with Crippen LogP contribution < -0.4 is 10.0 Å². The summed E-state index contributed by atoms with van der Waals surface area (Å²) in [5.41, 5.74) is -0.674. The van der Waals surface area contributed by atoms with Gasteiger partial charge in [-0.15, -0.1) is 0 Å². The Balaban J connectivity index is 2.20. The molecule has 0 bridgehead atoms. The summed E-state index contributed by atoms with van der Waals surface area (Å²) >= 11 is 0. The average Bonchev–Trinajstić information content (AvgIpc) is 2.46. The Labute approximate surface area is 135 Å². The molecule has 0 saturated carbocycles. The SMILES string of the molecule is CC(=O)NS(=O)(=O)c1ccc(Nc2cccc(C(F)(F)F)c2)nc1. The van der Waals surface area contributed by atoms with Crippen molar-refractivity contribution in [2.24, 2.45) is 0 Å². The first-order valence-corrected chi connectivity index (χ1v) is 8.00. The molecule has 0 aliphatic rings. The van der Waals surface area contributed by atoms with Gasteiger partial charge in [0.15, 0.2) is 0 Å². The van der Waals surface area contributed by atoms with Gasteiger partial charge in [-0.1, -0.05) is 6.07 Å². The first-order valence-electron chi connectivity index (χ1n) is 6.52. The van der Waals surface area contributed by atoms with Crippen molar-refractivity contribution < 1.29 is 26.4 Å². The topological polar surface area (TPSA) is 88.2 Å². The van der Waals surface area contributed by atoms with Crippen LogP contribution in [0.25, 0.3) is 0 Å². The monoisotopic (exact) mass is 359 g/mol. The lowest BCUT2D eigenvalue weighted by Gasteiger charge is -2.10. The van der Waals surface area contributed by atoms with Crippen LogP contribution in [0.1, 0.15) is 12.5 Å². The maximum atomic E-state index is 12.7. The number of nitrogens with zero attached hydrogens (tertiary/aromatic N) is 1. The van der Waals surface area contributed by atoms with E-state index in [0.717, 1.165) is 25.3 Å².